The molecule has 0 aliphatic carbocycles. The van der Waals surface area contributed by atoms with Crippen LogP contribution < -0.4 is 10.6 Å². The van der Waals surface area contributed by atoms with Gasteiger partial charge in [-0.2, -0.15) is 5.26 Å². The maximum absolute atomic E-state index is 8.91. The van der Waals surface area contributed by atoms with E-state index in [1.54, 1.807) is 6.07 Å². The SMILES string of the molecule is CC1Cc2ccccc2N1c1ccc(C#N)cc1N. The summed E-state index contributed by atoms with van der Waals surface area (Å²) in [6.45, 7) is 2.19. The molecule has 1 unspecified atom stereocenters. The van der Waals surface area contributed by atoms with Crippen molar-refractivity contribution in [1.82, 2.24) is 0 Å². The normalized spacial score (nSPS) is 17.1. The van der Waals surface area contributed by atoms with Crippen molar-refractivity contribution in [3.63, 3.8) is 0 Å². The second-order valence-corrected chi connectivity index (χ2v) is 4.94. The fourth-order valence-corrected chi connectivity index (χ4v) is 2.78. The number of nitrogens with zero attached hydrogens (tertiary/aromatic N) is 2. The molecule has 1 aliphatic heterocycles. The zero-order valence-corrected chi connectivity index (χ0v) is 10.8. The number of fused-ring (bicyclic) bond motifs is 1. The van der Waals surface area contributed by atoms with E-state index < -0.39 is 0 Å². The molecule has 1 heterocycles. The summed E-state index contributed by atoms with van der Waals surface area (Å²) in [5.74, 6) is 0. The van der Waals surface area contributed by atoms with Crippen molar-refractivity contribution >= 4 is 17.1 Å². The topological polar surface area (TPSA) is 53.0 Å². The van der Waals surface area contributed by atoms with Gasteiger partial charge in [-0.3, -0.25) is 0 Å². The van der Waals surface area contributed by atoms with Gasteiger partial charge in [0.1, 0.15) is 0 Å². The zero-order valence-electron chi connectivity index (χ0n) is 10.8. The van der Waals surface area contributed by atoms with Crippen LogP contribution in [0.4, 0.5) is 17.1 Å². The maximum Gasteiger partial charge on any atom is 0.0992 e. The van der Waals surface area contributed by atoms with Gasteiger partial charge in [0, 0.05) is 11.7 Å². The van der Waals surface area contributed by atoms with Gasteiger partial charge in [0.25, 0.3) is 0 Å². The molecule has 0 radical (unpaired) electrons. The van der Waals surface area contributed by atoms with Crippen molar-refractivity contribution in [2.24, 2.45) is 0 Å². The third-order valence-electron chi connectivity index (χ3n) is 3.62. The summed E-state index contributed by atoms with van der Waals surface area (Å²) in [5.41, 5.74) is 10.9. The molecule has 19 heavy (non-hydrogen) atoms. The Morgan fingerprint density at radius 3 is 2.74 bits per heavy atom. The molecule has 0 saturated carbocycles. The Kier molecular flexibility index (Phi) is 2.64. The van der Waals surface area contributed by atoms with Crippen LogP contribution in [0.25, 0.3) is 0 Å². The van der Waals surface area contributed by atoms with E-state index in [1.807, 2.05) is 18.2 Å². The van der Waals surface area contributed by atoms with Crippen molar-refractivity contribution in [2.75, 3.05) is 10.6 Å². The van der Waals surface area contributed by atoms with Crippen LogP contribution in [-0.2, 0) is 6.42 Å². The molecule has 94 valence electrons. The molecule has 0 spiro atoms. The van der Waals surface area contributed by atoms with E-state index >= 15 is 0 Å². The molecular weight excluding hydrogens is 234 g/mol. The highest BCUT2D eigenvalue weighted by molar-refractivity contribution is 5.79. The Labute approximate surface area is 112 Å². The number of anilines is 3. The lowest BCUT2D eigenvalue weighted by Crippen LogP contribution is -2.24. The quantitative estimate of drug-likeness (QED) is 0.789. The highest BCUT2D eigenvalue weighted by Crippen LogP contribution is 2.40. The van der Waals surface area contributed by atoms with E-state index in [2.05, 4.69) is 36.1 Å². The van der Waals surface area contributed by atoms with Gasteiger partial charge >= 0.3 is 0 Å². The van der Waals surface area contributed by atoms with Gasteiger partial charge in [0.2, 0.25) is 0 Å². The number of para-hydroxylation sites is 1. The molecule has 0 aromatic heterocycles. The van der Waals surface area contributed by atoms with E-state index in [4.69, 9.17) is 11.0 Å². The number of hydrogen-bond acceptors (Lipinski definition) is 3. The van der Waals surface area contributed by atoms with Gasteiger partial charge in [0.15, 0.2) is 0 Å². The molecule has 2 N–H and O–H groups in total. The number of hydrogen-bond donors (Lipinski definition) is 1. The summed E-state index contributed by atoms with van der Waals surface area (Å²) < 4.78 is 0. The highest BCUT2D eigenvalue weighted by Gasteiger charge is 2.27. The molecule has 2 aromatic carbocycles. The molecule has 0 saturated heterocycles. The number of nitriles is 1. The van der Waals surface area contributed by atoms with Crippen LogP contribution in [0, 0.1) is 11.3 Å². The largest absolute Gasteiger partial charge is 0.397 e. The van der Waals surface area contributed by atoms with Gasteiger partial charge in [-0.05, 0) is 43.2 Å². The van der Waals surface area contributed by atoms with Gasteiger partial charge in [-0.15, -0.1) is 0 Å². The predicted molar refractivity (Wildman–Crippen MR) is 77.3 cm³/mol. The number of nitrogens with two attached hydrogens (primary N) is 1. The number of nitrogen functional groups attached to an aromatic ring is 1. The first kappa shape index (κ1) is 11.6. The summed E-state index contributed by atoms with van der Waals surface area (Å²) in [6.07, 6.45) is 1.02. The summed E-state index contributed by atoms with van der Waals surface area (Å²) in [7, 11) is 0. The minimum atomic E-state index is 0.382. The van der Waals surface area contributed by atoms with Crippen LogP contribution in [0.1, 0.15) is 18.1 Å². The minimum Gasteiger partial charge on any atom is -0.397 e. The second-order valence-electron chi connectivity index (χ2n) is 4.94. The molecule has 1 atom stereocenters. The van der Waals surface area contributed by atoms with Crippen molar-refractivity contribution in [3.8, 4) is 6.07 Å². The molecule has 2 aromatic rings. The zero-order chi connectivity index (χ0) is 13.4. The standard InChI is InChI=1S/C16H15N3/c1-11-8-13-4-2-3-5-15(13)19(11)16-7-6-12(10-17)9-14(16)18/h2-7,9,11H,8,18H2,1H3. The highest BCUT2D eigenvalue weighted by atomic mass is 15.2. The van der Waals surface area contributed by atoms with Gasteiger partial charge in [0.05, 0.1) is 23.0 Å². The average molecular weight is 249 g/mol. The van der Waals surface area contributed by atoms with E-state index in [0.717, 1.165) is 12.1 Å². The summed E-state index contributed by atoms with van der Waals surface area (Å²) >= 11 is 0. The summed E-state index contributed by atoms with van der Waals surface area (Å²) in [5, 5.41) is 8.91. The Morgan fingerprint density at radius 1 is 1.21 bits per heavy atom. The smallest absolute Gasteiger partial charge is 0.0992 e. The summed E-state index contributed by atoms with van der Waals surface area (Å²) in [6, 6.07) is 16.4. The van der Waals surface area contributed by atoms with Crippen LogP contribution in [0.15, 0.2) is 42.5 Å². The van der Waals surface area contributed by atoms with Crippen molar-refractivity contribution in [3.05, 3.63) is 53.6 Å². The lowest BCUT2D eigenvalue weighted by atomic mass is 10.1. The first-order valence-corrected chi connectivity index (χ1v) is 6.37. The third kappa shape index (κ3) is 1.82. The molecule has 1 aliphatic rings. The van der Waals surface area contributed by atoms with Crippen LogP contribution in [-0.4, -0.2) is 6.04 Å². The number of benzene rings is 2. The van der Waals surface area contributed by atoms with Crippen LogP contribution in [0.3, 0.4) is 0 Å². The Balaban J connectivity index is 2.10. The second kappa shape index (κ2) is 4.33. The Morgan fingerprint density at radius 2 is 2.00 bits per heavy atom. The summed E-state index contributed by atoms with van der Waals surface area (Å²) in [4.78, 5) is 2.26. The minimum absolute atomic E-state index is 0.382. The lowest BCUT2D eigenvalue weighted by Gasteiger charge is -2.26. The lowest BCUT2D eigenvalue weighted by molar-refractivity contribution is 0.759. The molecule has 3 rings (SSSR count). The first-order chi connectivity index (χ1) is 9.20. The Hall–Kier alpha value is -2.47. The van der Waals surface area contributed by atoms with E-state index in [-0.39, 0.29) is 0 Å². The Bertz CT molecular complexity index is 670. The molecule has 3 heteroatoms. The van der Waals surface area contributed by atoms with Gasteiger partial charge in [-0.1, -0.05) is 18.2 Å². The number of rotatable bonds is 1. The van der Waals surface area contributed by atoms with Crippen molar-refractivity contribution in [2.45, 2.75) is 19.4 Å². The van der Waals surface area contributed by atoms with Crippen LogP contribution in [0.2, 0.25) is 0 Å². The van der Waals surface area contributed by atoms with Crippen LogP contribution in [0.5, 0.6) is 0 Å². The maximum atomic E-state index is 8.91. The van der Waals surface area contributed by atoms with Crippen LogP contribution >= 0.6 is 0 Å². The van der Waals surface area contributed by atoms with Gasteiger partial charge in [-0.25, -0.2) is 0 Å². The van der Waals surface area contributed by atoms with Crippen molar-refractivity contribution < 1.29 is 0 Å². The van der Waals surface area contributed by atoms with Gasteiger partial charge < -0.3 is 10.6 Å². The molecule has 3 nitrogen and oxygen atoms in total. The fourth-order valence-electron chi connectivity index (χ4n) is 2.78. The molecule has 0 bridgehead atoms. The predicted octanol–water partition coefficient (Wildman–Crippen LogP) is 3.22. The van der Waals surface area contributed by atoms with E-state index in [9.17, 15) is 0 Å². The van der Waals surface area contributed by atoms with Crippen molar-refractivity contribution in [1.29, 1.82) is 5.26 Å². The molecule has 0 amide bonds. The third-order valence-corrected chi connectivity index (χ3v) is 3.62. The average Bonchev–Trinajstić information content (AvgIpc) is 2.75. The first-order valence-electron chi connectivity index (χ1n) is 6.37. The molecule has 0 fully saturated rings. The fraction of sp³-hybridized carbons (Fsp3) is 0.188. The molecular formula is C16H15N3. The van der Waals surface area contributed by atoms with E-state index in [0.29, 0.717) is 17.3 Å². The monoisotopic (exact) mass is 249 g/mol. The van der Waals surface area contributed by atoms with E-state index in [1.165, 1.54) is 11.3 Å².